The zero-order chi connectivity index (χ0) is 21.9. The average molecular weight is 422 g/mol. The summed E-state index contributed by atoms with van der Waals surface area (Å²) in [5.74, 6) is 0.906. The van der Waals surface area contributed by atoms with Crippen molar-refractivity contribution in [3.8, 4) is 0 Å². The second kappa shape index (κ2) is 7.43. The first kappa shape index (κ1) is 20.0. The lowest BCUT2D eigenvalue weighted by atomic mass is 9.51. The Hall–Kier alpha value is -2.68. The summed E-state index contributed by atoms with van der Waals surface area (Å²) < 4.78 is 0. The number of nitrogens with zero attached hydrogens (tertiary/aromatic N) is 1. The van der Waals surface area contributed by atoms with Gasteiger partial charge in [-0.2, -0.15) is 0 Å². The molecule has 0 saturated heterocycles. The van der Waals surface area contributed by atoms with E-state index in [4.69, 9.17) is 0 Å². The maximum Gasteiger partial charge on any atom is 0.0597 e. The number of hydrogen-bond donors (Lipinski definition) is 1. The molecule has 0 heterocycles. The van der Waals surface area contributed by atoms with Crippen molar-refractivity contribution >= 4 is 21.5 Å². The molecule has 3 atom stereocenters. The van der Waals surface area contributed by atoms with E-state index in [1.165, 1.54) is 32.7 Å². The maximum absolute atomic E-state index is 11.6. The zero-order valence-electron chi connectivity index (χ0n) is 18.9. The monoisotopic (exact) mass is 421 g/mol. The van der Waals surface area contributed by atoms with E-state index in [1.807, 2.05) is 0 Å². The van der Waals surface area contributed by atoms with E-state index in [0.717, 1.165) is 19.3 Å². The Morgan fingerprint density at radius 3 is 1.62 bits per heavy atom. The second-order valence-electron chi connectivity index (χ2n) is 10.2. The lowest BCUT2D eigenvalue weighted by molar-refractivity contribution is -0.0904. The van der Waals surface area contributed by atoms with Gasteiger partial charge in [-0.25, -0.2) is 0 Å². The van der Waals surface area contributed by atoms with E-state index < -0.39 is 0 Å². The molecule has 162 valence electrons. The molecule has 4 aromatic carbocycles. The predicted molar refractivity (Wildman–Crippen MR) is 133 cm³/mol. The van der Waals surface area contributed by atoms with Crippen molar-refractivity contribution in [2.45, 2.75) is 42.7 Å². The molecule has 3 saturated carbocycles. The molecule has 0 unspecified atom stereocenters. The third kappa shape index (κ3) is 2.93. The Morgan fingerprint density at radius 2 is 1.12 bits per heavy atom. The molecule has 3 aliphatic rings. The van der Waals surface area contributed by atoms with Crippen LogP contribution >= 0.6 is 0 Å². The van der Waals surface area contributed by atoms with Crippen LogP contribution in [0.1, 0.15) is 42.2 Å². The molecule has 0 spiro atoms. The summed E-state index contributed by atoms with van der Waals surface area (Å²) in [6.45, 7) is 0. The molecule has 3 fully saturated rings. The van der Waals surface area contributed by atoms with Crippen LogP contribution in [0, 0.1) is 5.92 Å². The fourth-order valence-electron chi connectivity index (χ4n) is 7.01. The van der Waals surface area contributed by atoms with Crippen LogP contribution in [0.3, 0.4) is 0 Å². The van der Waals surface area contributed by atoms with E-state index >= 15 is 0 Å². The van der Waals surface area contributed by atoms with Crippen molar-refractivity contribution in [2.75, 3.05) is 14.1 Å². The summed E-state index contributed by atoms with van der Waals surface area (Å²) >= 11 is 0. The molecule has 0 radical (unpaired) electrons. The van der Waals surface area contributed by atoms with Crippen LogP contribution in [0.2, 0.25) is 0 Å². The van der Waals surface area contributed by atoms with Crippen molar-refractivity contribution in [1.82, 2.24) is 4.90 Å². The number of aliphatic hydroxyl groups is 1. The number of hydrogen-bond acceptors (Lipinski definition) is 2. The molecular weight excluding hydrogens is 390 g/mol. The van der Waals surface area contributed by atoms with Crippen LogP contribution in [-0.4, -0.2) is 35.7 Å². The Bertz CT molecular complexity index is 1190. The van der Waals surface area contributed by atoms with Crippen LogP contribution in [0.4, 0.5) is 0 Å². The molecule has 2 heteroatoms. The van der Waals surface area contributed by atoms with Crippen LogP contribution in [-0.2, 0) is 0 Å². The van der Waals surface area contributed by atoms with Gasteiger partial charge in [-0.3, -0.25) is 0 Å². The summed E-state index contributed by atoms with van der Waals surface area (Å²) in [6.07, 6.45) is 2.79. The lowest BCUT2D eigenvalue weighted by Crippen LogP contribution is -2.60. The molecule has 0 aliphatic heterocycles. The van der Waals surface area contributed by atoms with E-state index in [2.05, 4.69) is 104 Å². The van der Waals surface area contributed by atoms with Gasteiger partial charge in [0.25, 0.3) is 0 Å². The van der Waals surface area contributed by atoms with Gasteiger partial charge < -0.3 is 10.0 Å². The molecule has 0 aromatic heterocycles. The fourth-order valence-corrected chi connectivity index (χ4v) is 7.01. The van der Waals surface area contributed by atoms with Crippen molar-refractivity contribution < 1.29 is 5.11 Å². The van der Waals surface area contributed by atoms with Crippen molar-refractivity contribution in [1.29, 1.82) is 0 Å². The highest BCUT2D eigenvalue weighted by atomic mass is 16.3. The summed E-state index contributed by atoms with van der Waals surface area (Å²) in [4.78, 5) is 2.40. The number of benzene rings is 4. The first-order valence-corrected chi connectivity index (χ1v) is 11.9. The summed E-state index contributed by atoms with van der Waals surface area (Å²) in [5.41, 5.74) is 2.82. The minimum Gasteiger partial charge on any atom is -0.393 e. The summed E-state index contributed by atoms with van der Waals surface area (Å²) in [7, 11) is 4.41. The van der Waals surface area contributed by atoms with Gasteiger partial charge in [-0.05, 0) is 83.8 Å². The Balaban J connectivity index is 1.56. The highest BCUT2D eigenvalue weighted by Crippen LogP contribution is 2.60. The standard InChI is InChI=1S/C30H31NO/c1-31(2)30-17-26(24-15-7-11-20-9-3-5-13-22(20)24)29(28(32)19-30)27(18-30)25-16-8-12-21-10-4-6-14-23(21)25/h3-16,26-29,32H,17-19H2,1-2H3/t26-,27-,28-,29?,30?/m0/s1. The third-order valence-corrected chi connectivity index (χ3v) is 8.56. The van der Waals surface area contributed by atoms with Gasteiger partial charge in [-0.15, -0.1) is 0 Å². The molecular formula is C30H31NO. The van der Waals surface area contributed by atoms with Gasteiger partial charge in [-0.1, -0.05) is 84.9 Å². The predicted octanol–water partition coefficient (Wildman–Crippen LogP) is 6.34. The summed E-state index contributed by atoms with van der Waals surface area (Å²) in [6, 6.07) is 30.9. The number of aliphatic hydroxyl groups excluding tert-OH is 1. The van der Waals surface area contributed by atoms with Crippen LogP contribution in [0.25, 0.3) is 21.5 Å². The van der Waals surface area contributed by atoms with Gasteiger partial charge in [0.2, 0.25) is 0 Å². The van der Waals surface area contributed by atoms with Gasteiger partial charge >= 0.3 is 0 Å². The largest absolute Gasteiger partial charge is 0.393 e. The SMILES string of the molecule is CN(C)C12C[C@H](O)C([C@H](c3cccc4ccccc34)C1)[C@H](c1cccc3ccccc13)C2. The van der Waals surface area contributed by atoms with Gasteiger partial charge in [0.05, 0.1) is 6.10 Å². The van der Waals surface area contributed by atoms with E-state index in [-0.39, 0.29) is 17.6 Å². The molecule has 4 aromatic rings. The summed E-state index contributed by atoms with van der Waals surface area (Å²) in [5, 5.41) is 16.9. The molecule has 3 aliphatic carbocycles. The topological polar surface area (TPSA) is 23.5 Å². The smallest absolute Gasteiger partial charge is 0.0597 e. The van der Waals surface area contributed by atoms with Crippen molar-refractivity contribution in [3.63, 3.8) is 0 Å². The van der Waals surface area contributed by atoms with E-state index in [9.17, 15) is 5.11 Å². The average Bonchev–Trinajstić information content (AvgIpc) is 2.83. The third-order valence-electron chi connectivity index (χ3n) is 8.56. The van der Waals surface area contributed by atoms with E-state index in [0.29, 0.717) is 11.8 Å². The van der Waals surface area contributed by atoms with Gasteiger partial charge in [0.15, 0.2) is 0 Å². The zero-order valence-corrected chi connectivity index (χ0v) is 18.9. The Labute approximate surface area is 190 Å². The quantitative estimate of drug-likeness (QED) is 0.417. The molecule has 32 heavy (non-hydrogen) atoms. The minimum absolute atomic E-state index is 0.0113. The first-order valence-electron chi connectivity index (χ1n) is 11.9. The normalized spacial score (nSPS) is 29.8. The molecule has 2 bridgehead atoms. The first-order chi connectivity index (χ1) is 15.6. The minimum atomic E-state index is -0.298. The molecule has 0 amide bonds. The second-order valence-corrected chi connectivity index (χ2v) is 10.2. The Morgan fingerprint density at radius 1 is 0.656 bits per heavy atom. The highest BCUT2D eigenvalue weighted by molar-refractivity contribution is 5.87. The lowest BCUT2D eigenvalue weighted by Gasteiger charge is -2.60. The van der Waals surface area contributed by atoms with Gasteiger partial charge in [0.1, 0.15) is 0 Å². The number of rotatable bonds is 3. The molecule has 7 rings (SSSR count). The maximum atomic E-state index is 11.6. The van der Waals surface area contributed by atoms with Crippen molar-refractivity contribution in [3.05, 3.63) is 96.1 Å². The van der Waals surface area contributed by atoms with Crippen LogP contribution < -0.4 is 0 Å². The van der Waals surface area contributed by atoms with Gasteiger partial charge in [0, 0.05) is 5.54 Å². The van der Waals surface area contributed by atoms with Crippen LogP contribution in [0.15, 0.2) is 84.9 Å². The molecule has 1 N–H and O–H groups in total. The highest BCUT2D eigenvalue weighted by Gasteiger charge is 2.56. The van der Waals surface area contributed by atoms with Crippen molar-refractivity contribution in [2.24, 2.45) is 5.92 Å². The number of fused-ring (bicyclic) bond motifs is 5. The fraction of sp³-hybridized carbons (Fsp3) is 0.333. The molecule has 2 nitrogen and oxygen atoms in total. The van der Waals surface area contributed by atoms with E-state index in [1.54, 1.807) is 0 Å². The van der Waals surface area contributed by atoms with Crippen LogP contribution in [0.5, 0.6) is 0 Å². The Kier molecular flexibility index (Phi) is 4.64.